The van der Waals surface area contributed by atoms with Crippen LogP contribution < -0.4 is 5.43 Å². The number of benzene rings is 2. The number of hydrogen-bond acceptors (Lipinski definition) is 4. The zero-order valence-corrected chi connectivity index (χ0v) is 15.1. The fourth-order valence-corrected chi connectivity index (χ4v) is 2.09. The number of nitrogens with one attached hydrogen (secondary N) is 1. The van der Waals surface area contributed by atoms with Crippen molar-refractivity contribution in [2.24, 2.45) is 10.5 Å². The van der Waals surface area contributed by atoms with Crippen LogP contribution in [0.1, 0.15) is 31.9 Å². The standard InChI is InChI=1S/C21H22N2O3/c1-21(2,3)18(24)14-17(20(25)26)22-23-19(15-10-6-4-7-11-15)16-12-8-5-9-13-16/h4-14,22H,1-3H3,(H,25,26)/b17-14-. The fourth-order valence-electron chi connectivity index (χ4n) is 2.09. The van der Waals surface area contributed by atoms with E-state index in [0.717, 1.165) is 17.2 Å². The molecule has 0 bridgehead atoms. The lowest BCUT2D eigenvalue weighted by Gasteiger charge is -2.14. The van der Waals surface area contributed by atoms with Crippen LogP contribution in [0.4, 0.5) is 0 Å². The van der Waals surface area contributed by atoms with E-state index in [1.165, 1.54) is 0 Å². The van der Waals surface area contributed by atoms with Gasteiger partial charge >= 0.3 is 5.97 Å². The molecule has 0 spiro atoms. The lowest BCUT2D eigenvalue weighted by Crippen LogP contribution is -2.23. The first-order valence-electron chi connectivity index (χ1n) is 8.23. The van der Waals surface area contributed by atoms with Crippen molar-refractivity contribution in [3.63, 3.8) is 0 Å². The summed E-state index contributed by atoms with van der Waals surface area (Å²) in [5.74, 6) is -1.54. The maximum atomic E-state index is 12.1. The highest BCUT2D eigenvalue weighted by atomic mass is 16.4. The van der Waals surface area contributed by atoms with E-state index in [1.54, 1.807) is 20.8 Å². The molecule has 0 aliphatic carbocycles. The summed E-state index contributed by atoms with van der Waals surface area (Å²) < 4.78 is 0. The molecule has 2 rings (SSSR count). The molecule has 2 N–H and O–H groups in total. The normalized spacial score (nSPS) is 11.6. The predicted octanol–water partition coefficient (Wildman–Crippen LogP) is 3.61. The molecule has 0 aliphatic rings. The minimum absolute atomic E-state index is 0.269. The number of carbonyl (C=O) groups excluding carboxylic acids is 1. The second-order valence-corrected chi connectivity index (χ2v) is 6.78. The van der Waals surface area contributed by atoms with Crippen molar-refractivity contribution in [3.8, 4) is 0 Å². The van der Waals surface area contributed by atoms with Gasteiger partial charge in [0.2, 0.25) is 0 Å². The van der Waals surface area contributed by atoms with Gasteiger partial charge in [-0.25, -0.2) is 4.79 Å². The molecule has 134 valence electrons. The van der Waals surface area contributed by atoms with Crippen molar-refractivity contribution < 1.29 is 14.7 Å². The first-order chi connectivity index (χ1) is 12.3. The molecule has 0 radical (unpaired) electrons. The molecule has 0 heterocycles. The molecule has 0 atom stereocenters. The predicted molar refractivity (Wildman–Crippen MR) is 102 cm³/mol. The SMILES string of the molecule is CC(C)(C)C(=O)/C=C(\NN=C(c1ccccc1)c1ccccc1)C(=O)O. The molecular formula is C21H22N2O3. The highest BCUT2D eigenvalue weighted by molar-refractivity contribution is 6.13. The number of ketones is 1. The van der Waals surface area contributed by atoms with Crippen LogP contribution in [0.5, 0.6) is 0 Å². The van der Waals surface area contributed by atoms with Gasteiger partial charge in [0.05, 0.1) is 5.71 Å². The van der Waals surface area contributed by atoms with Gasteiger partial charge in [-0.3, -0.25) is 10.2 Å². The van der Waals surface area contributed by atoms with Gasteiger partial charge in [-0.15, -0.1) is 0 Å². The van der Waals surface area contributed by atoms with E-state index in [0.29, 0.717) is 5.71 Å². The number of nitrogens with zero attached hydrogens (tertiary/aromatic N) is 1. The summed E-state index contributed by atoms with van der Waals surface area (Å²) >= 11 is 0. The van der Waals surface area contributed by atoms with Gasteiger partial charge in [0.15, 0.2) is 5.78 Å². The summed E-state index contributed by atoms with van der Waals surface area (Å²) in [6, 6.07) is 18.9. The third kappa shape index (κ3) is 5.14. The van der Waals surface area contributed by atoms with Gasteiger partial charge < -0.3 is 5.11 Å². The molecule has 0 saturated heterocycles. The molecule has 0 amide bonds. The van der Waals surface area contributed by atoms with Gasteiger partial charge in [0.1, 0.15) is 5.70 Å². The Bertz CT molecular complexity index is 791. The van der Waals surface area contributed by atoms with Gasteiger partial charge in [-0.1, -0.05) is 81.4 Å². The average molecular weight is 350 g/mol. The topological polar surface area (TPSA) is 78.8 Å². The van der Waals surface area contributed by atoms with Crippen LogP contribution in [0.25, 0.3) is 0 Å². The van der Waals surface area contributed by atoms with Crippen molar-refractivity contribution in [2.45, 2.75) is 20.8 Å². The minimum Gasteiger partial charge on any atom is -0.477 e. The second-order valence-electron chi connectivity index (χ2n) is 6.78. The van der Waals surface area contributed by atoms with Gasteiger partial charge in [-0.2, -0.15) is 5.10 Å². The average Bonchev–Trinajstić information content (AvgIpc) is 2.61. The number of carbonyl (C=O) groups is 2. The molecule has 0 saturated carbocycles. The molecule has 0 unspecified atom stereocenters. The van der Waals surface area contributed by atoms with Crippen molar-refractivity contribution in [2.75, 3.05) is 0 Å². The Morgan fingerprint density at radius 2 is 1.38 bits per heavy atom. The largest absolute Gasteiger partial charge is 0.477 e. The molecule has 26 heavy (non-hydrogen) atoms. The summed E-state index contributed by atoms with van der Waals surface area (Å²) in [5, 5.41) is 13.7. The van der Waals surface area contributed by atoms with Crippen LogP contribution in [-0.4, -0.2) is 22.6 Å². The highest BCUT2D eigenvalue weighted by Crippen LogP contribution is 2.16. The lowest BCUT2D eigenvalue weighted by atomic mass is 9.90. The Kier molecular flexibility index (Phi) is 6.07. The molecule has 0 aliphatic heterocycles. The third-order valence-corrected chi connectivity index (χ3v) is 3.63. The smallest absolute Gasteiger partial charge is 0.353 e. The van der Waals surface area contributed by atoms with E-state index in [2.05, 4.69) is 10.5 Å². The van der Waals surface area contributed by atoms with Gasteiger partial charge in [0.25, 0.3) is 0 Å². The number of aliphatic carboxylic acids is 1. The third-order valence-electron chi connectivity index (χ3n) is 3.63. The van der Waals surface area contributed by atoms with E-state index in [-0.39, 0.29) is 11.5 Å². The fraction of sp³-hybridized carbons (Fsp3) is 0.190. The molecule has 0 fully saturated rings. The number of hydrazone groups is 1. The van der Waals surface area contributed by atoms with Crippen LogP contribution in [0.15, 0.2) is 77.5 Å². The van der Waals surface area contributed by atoms with Crippen LogP contribution >= 0.6 is 0 Å². The Balaban J connectivity index is 2.42. The van der Waals surface area contributed by atoms with Crippen LogP contribution in [0.3, 0.4) is 0 Å². The zero-order chi connectivity index (χ0) is 19.2. The number of carboxylic acid groups (broad SMARTS) is 1. The van der Waals surface area contributed by atoms with Crippen LogP contribution in [0, 0.1) is 5.41 Å². The van der Waals surface area contributed by atoms with Crippen LogP contribution in [0.2, 0.25) is 0 Å². The molecular weight excluding hydrogens is 328 g/mol. The lowest BCUT2D eigenvalue weighted by molar-refractivity contribution is -0.133. The summed E-state index contributed by atoms with van der Waals surface area (Å²) in [5.41, 5.74) is 3.85. The maximum Gasteiger partial charge on any atom is 0.353 e. The van der Waals surface area contributed by atoms with Gasteiger partial charge in [0, 0.05) is 22.6 Å². The van der Waals surface area contributed by atoms with Crippen molar-refractivity contribution in [1.82, 2.24) is 5.43 Å². The minimum atomic E-state index is -1.24. The van der Waals surface area contributed by atoms with Crippen molar-refractivity contribution >= 4 is 17.5 Å². The maximum absolute atomic E-state index is 12.1. The molecule has 2 aromatic rings. The summed E-state index contributed by atoms with van der Waals surface area (Å²) in [6.45, 7) is 5.19. The van der Waals surface area contributed by atoms with E-state index < -0.39 is 11.4 Å². The van der Waals surface area contributed by atoms with Crippen LogP contribution in [-0.2, 0) is 9.59 Å². The first-order valence-corrected chi connectivity index (χ1v) is 8.23. The Hall–Kier alpha value is -3.21. The van der Waals surface area contributed by atoms with Crippen molar-refractivity contribution in [3.05, 3.63) is 83.6 Å². The van der Waals surface area contributed by atoms with E-state index in [1.807, 2.05) is 60.7 Å². The number of allylic oxidation sites excluding steroid dienone is 1. The second kappa shape index (κ2) is 8.25. The van der Waals surface area contributed by atoms with E-state index in [4.69, 9.17) is 0 Å². The monoisotopic (exact) mass is 350 g/mol. The van der Waals surface area contributed by atoms with Gasteiger partial charge in [-0.05, 0) is 0 Å². The van der Waals surface area contributed by atoms with E-state index >= 15 is 0 Å². The molecule has 5 nitrogen and oxygen atoms in total. The first kappa shape index (κ1) is 19.1. The number of hydrogen-bond donors (Lipinski definition) is 2. The molecule has 0 aromatic heterocycles. The molecule has 2 aromatic carbocycles. The van der Waals surface area contributed by atoms with E-state index in [9.17, 15) is 14.7 Å². The Morgan fingerprint density at radius 3 is 1.77 bits per heavy atom. The number of rotatable bonds is 6. The summed E-state index contributed by atoms with van der Waals surface area (Å²) in [4.78, 5) is 23.6. The Morgan fingerprint density at radius 1 is 0.923 bits per heavy atom. The highest BCUT2D eigenvalue weighted by Gasteiger charge is 2.21. The quantitative estimate of drug-likeness (QED) is 0.474. The summed E-state index contributed by atoms with van der Waals surface area (Å²) in [6.07, 6.45) is 1.08. The molecule has 5 heteroatoms. The number of carboxylic acids is 1. The zero-order valence-electron chi connectivity index (χ0n) is 15.1. The Labute approximate surface area is 153 Å². The summed E-state index contributed by atoms with van der Waals surface area (Å²) in [7, 11) is 0. The van der Waals surface area contributed by atoms with Crippen molar-refractivity contribution in [1.29, 1.82) is 0 Å².